The second-order valence-electron chi connectivity index (χ2n) is 6.01. The number of hydrogen-bond acceptors (Lipinski definition) is 2. The highest BCUT2D eigenvalue weighted by atomic mass is 16.2. The maximum Gasteiger partial charge on any atom is 0.224 e. The minimum atomic E-state index is -0.101. The van der Waals surface area contributed by atoms with Crippen LogP contribution >= 0.6 is 0 Å². The number of fused-ring (bicyclic) bond motifs is 1. The molecule has 0 unspecified atom stereocenters. The lowest BCUT2D eigenvalue weighted by Crippen LogP contribution is -2.24. The molecule has 0 saturated heterocycles. The smallest absolute Gasteiger partial charge is 0.224 e. The molecule has 3 aromatic rings. The van der Waals surface area contributed by atoms with Gasteiger partial charge in [0.1, 0.15) is 0 Å². The average molecular weight is 332 g/mol. The molecule has 3 aromatic carbocycles. The van der Waals surface area contributed by atoms with E-state index in [4.69, 9.17) is 0 Å². The third-order valence-corrected chi connectivity index (χ3v) is 3.94. The van der Waals surface area contributed by atoms with Crippen molar-refractivity contribution in [3.8, 4) is 0 Å². The van der Waals surface area contributed by atoms with Gasteiger partial charge >= 0.3 is 0 Å². The van der Waals surface area contributed by atoms with Crippen LogP contribution in [0.15, 0.2) is 66.7 Å². The summed E-state index contributed by atoms with van der Waals surface area (Å²) in [4.78, 5) is 23.2. The molecule has 0 aromatic heterocycles. The van der Waals surface area contributed by atoms with E-state index in [0.29, 0.717) is 13.0 Å². The third-order valence-electron chi connectivity index (χ3n) is 3.94. The Balaban J connectivity index is 1.55. The Morgan fingerprint density at radius 3 is 2.24 bits per heavy atom. The number of amides is 2. The summed E-state index contributed by atoms with van der Waals surface area (Å²) in [6.07, 6.45) is 0.356. The zero-order valence-electron chi connectivity index (χ0n) is 14.1. The second kappa shape index (κ2) is 7.62. The van der Waals surface area contributed by atoms with E-state index in [1.54, 1.807) is 0 Å². The number of carbonyl (C=O) groups excluding carboxylic acids is 2. The molecule has 0 radical (unpaired) electrons. The van der Waals surface area contributed by atoms with E-state index in [1.165, 1.54) is 12.3 Å². The lowest BCUT2D eigenvalue weighted by Gasteiger charge is -2.08. The van der Waals surface area contributed by atoms with Crippen LogP contribution < -0.4 is 10.6 Å². The molecule has 0 aliphatic carbocycles. The van der Waals surface area contributed by atoms with E-state index in [1.807, 2.05) is 54.6 Å². The maximum atomic E-state index is 12.2. The minimum absolute atomic E-state index is 0.0128. The molecule has 126 valence electrons. The van der Waals surface area contributed by atoms with E-state index < -0.39 is 0 Å². The predicted molar refractivity (Wildman–Crippen MR) is 100 cm³/mol. The molecule has 2 N–H and O–H groups in total. The molecule has 2 amide bonds. The maximum absolute atomic E-state index is 12.2. The van der Waals surface area contributed by atoms with Gasteiger partial charge < -0.3 is 10.6 Å². The predicted octanol–water partition coefficient (Wildman–Crippen LogP) is 3.66. The number of nitrogens with one attached hydrogen (secondary N) is 2. The number of anilines is 1. The minimum Gasteiger partial charge on any atom is -0.352 e. The first-order chi connectivity index (χ1) is 12.1. The molecule has 25 heavy (non-hydrogen) atoms. The third kappa shape index (κ3) is 4.67. The summed E-state index contributed by atoms with van der Waals surface area (Å²) >= 11 is 0. The normalized spacial score (nSPS) is 10.4. The molecule has 4 heteroatoms. The molecule has 0 fully saturated rings. The van der Waals surface area contributed by atoms with Crippen LogP contribution in [0.3, 0.4) is 0 Å². The van der Waals surface area contributed by atoms with Gasteiger partial charge in [-0.2, -0.15) is 0 Å². The molecular weight excluding hydrogens is 312 g/mol. The summed E-state index contributed by atoms with van der Waals surface area (Å²) in [6.45, 7) is 1.94. The van der Waals surface area contributed by atoms with Crippen LogP contribution in [0.25, 0.3) is 10.8 Å². The monoisotopic (exact) mass is 332 g/mol. The van der Waals surface area contributed by atoms with Gasteiger partial charge in [0.15, 0.2) is 0 Å². The van der Waals surface area contributed by atoms with Crippen molar-refractivity contribution in [3.63, 3.8) is 0 Å². The van der Waals surface area contributed by atoms with Gasteiger partial charge in [0.2, 0.25) is 11.8 Å². The van der Waals surface area contributed by atoms with Gasteiger partial charge in [0.05, 0.1) is 6.42 Å². The fourth-order valence-electron chi connectivity index (χ4n) is 2.71. The van der Waals surface area contributed by atoms with Gasteiger partial charge in [-0.05, 0) is 34.0 Å². The SMILES string of the molecule is CC(=O)Nc1ccc(CNC(=O)Cc2ccc3ccccc3c2)cc1. The zero-order chi connectivity index (χ0) is 17.6. The van der Waals surface area contributed by atoms with Crippen LogP contribution in [0.5, 0.6) is 0 Å². The highest BCUT2D eigenvalue weighted by molar-refractivity contribution is 5.88. The number of rotatable bonds is 5. The highest BCUT2D eigenvalue weighted by Gasteiger charge is 2.05. The van der Waals surface area contributed by atoms with Crippen molar-refractivity contribution in [1.29, 1.82) is 0 Å². The van der Waals surface area contributed by atoms with Gasteiger partial charge in [-0.15, -0.1) is 0 Å². The Kier molecular flexibility index (Phi) is 5.09. The van der Waals surface area contributed by atoms with Crippen molar-refractivity contribution < 1.29 is 9.59 Å². The molecule has 0 atom stereocenters. The molecule has 4 nitrogen and oxygen atoms in total. The van der Waals surface area contributed by atoms with Gasteiger partial charge in [0.25, 0.3) is 0 Å². The number of carbonyl (C=O) groups is 2. The van der Waals surface area contributed by atoms with Crippen molar-refractivity contribution in [2.24, 2.45) is 0 Å². The van der Waals surface area contributed by atoms with Crippen LogP contribution in [0.4, 0.5) is 5.69 Å². The summed E-state index contributed by atoms with van der Waals surface area (Å²) in [6, 6.07) is 21.6. The van der Waals surface area contributed by atoms with E-state index in [9.17, 15) is 9.59 Å². The Labute approximate surface area is 146 Å². The van der Waals surface area contributed by atoms with Crippen molar-refractivity contribution in [3.05, 3.63) is 77.9 Å². The van der Waals surface area contributed by atoms with Gasteiger partial charge in [-0.25, -0.2) is 0 Å². The Hall–Kier alpha value is -3.14. The quantitative estimate of drug-likeness (QED) is 0.749. The van der Waals surface area contributed by atoms with Crippen molar-refractivity contribution in [1.82, 2.24) is 5.32 Å². The lowest BCUT2D eigenvalue weighted by molar-refractivity contribution is -0.120. The van der Waals surface area contributed by atoms with Gasteiger partial charge in [0, 0.05) is 19.2 Å². The van der Waals surface area contributed by atoms with Crippen molar-refractivity contribution >= 4 is 28.3 Å². The Morgan fingerprint density at radius 2 is 1.52 bits per heavy atom. The molecule has 0 aliphatic rings. The topological polar surface area (TPSA) is 58.2 Å². The zero-order valence-corrected chi connectivity index (χ0v) is 14.1. The van der Waals surface area contributed by atoms with Gasteiger partial charge in [-0.3, -0.25) is 9.59 Å². The first-order valence-electron chi connectivity index (χ1n) is 8.21. The van der Waals surface area contributed by atoms with Crippen molar-refractivity contribution in [2.45, 2.75) is 19.9 Å². The standard InChI is InChI=1S/C21H20N2O2/c1-15(24)23-20-10-7-16(8-11-20)14-22-21(25)13-17-6-9-18-4-2-3-5-19(18)12-17/h2-12H,13-14H2,1H3,(H,22,25)(H,23,24). The van der Waals surface area contributed by atoms with E-state index in [-0.39, 0.29) is 11.8 Å². The van der Waals surface area contributed by atoms with Crippen LogP contribution in [-0.4, -0.2) is 11.8 Å². The molecule has 0 saturated carbocycles. The average Bonchev–Trinajstić information content (AvgIpc) is 2.60. The second-order valence-corrected chi connectivity index (χ2v) is 6.01. The van der Waals surface area contributed by atoms with Crippen LogP contribution in [0.1, 0.15) is 18.1 Å². The van der Waals surface area contributed by atoms with E-state index in [2.05, 4.69) is 22.8 Å². The highest BCUT2D eigenvalue weighted by Crippen LogP contribution is 2.16. The summed E-state index contributed by atoms with van der Waals surface area (Å²) in [5, 5.41) is 7.96. The summed E-state index contributed by atoms with van der Waals surface area (Å²) in [5.41, 5.74) is 2.73. The molecular formula is C21H20N2O2. The van der Waals surface area contributed by atoms with Crippen LogP contribution in [0.2, 0.25) is 0 Å². The molecule has 3 rings (SSSR count). The molecule has 0 aliphatic heterocycles. The fourth-order valence-corrected chi connectivity index (χ4v) is 2.71. The van der Waals surface area contributed by atoms with E-state index in [0.717, 1.165) is 22.2 Å². The summed E-state index contributed by atoms with van der Waals surface area (Å²) < 4.78 is 0. The number of benzene rings is 3. The Morgan fingerprint density at radius 1 is 0.840 bits per heavy atom. The molecule has 0 bridgehead atoms. The van der Waals surface area contributed by atoms with Gasteiger partial charge in [-0.1, -0.05) is 54.6 Å². The summed E-state index contributed by atoms with van der Waals surface area (Å²) in [7, 11) is 0. The lowest BCUT2D eigenvalue weighted by atomic mass is 10.0. The van der Waals surface area contributed by atoms with E-state index >= 15 is 0 Å². The summed E-state index contributed by atoms with van der Waals surface area (Å²) in [5.74, 6) is -0.113. The largest absolute Gasteiger partial charge is 0.352 e. The van der Waals surface area contributed by atoms with Crippen LogP contribution in [0, 0.1) is 0 Å². The first kappa shape index (κ1) is 16.7. The van der Waals surface area contributed by atoms with Crippen molar-refractivity contribution in [2.75, 3.05) is 5.32 Å². The molecule has 0 spiro atoms. The fraction of sp³-hybridized carbons (Fsp3) is 0.143. The first-order valence-corrected chi connectivity index (χ1v) is 8.21. The number of hydrogen-bond donors (Lipinski definition) is 2. The van der Waals surface area contributed by atoms with Crippen LogP contribution in [-0.2, 0) is 22.6 Å². The Bertz CT molecular complexity index is 901. The molecule has 0 heterocycles.